The molecule has 1 heterocycles. The zero-order valence-electron chi connectivity index (χ0n) is 19.5. The molecule has 4 rings (SSSR count). The third-order valence-electron chi connectivity index (χ3n) is 7.45. The van der Waals surface area contributed by atoms with Crippen molar-refractivity contribution in [2.45, 2.75) is 64.1 Å². The third-order valence-corrected chi connectivity index (χ3v) is 7.45. The SMILES string of the molecule is CC(C)C(Oc1ccccc1)C1CCN(C(=O)C(O)(c2ccccc2)C2CCCC2)CC1. The first-order valence-electron chi connectivity index (χ1n) is 12.3. The summed E-state index contributed by atoms with van der Waals surface area (Å²) in [7, 11) is 0. The van der Waals surface area contributed by atoms with Crippen LogP contribution in [0.1, 0.15) is 57.9 Å². The van der Waals surface area contributed by atoms with Crippen molar-refractivity contribution in [3.63, 3.8) is 0 Å². The van der Waals surface area contributed by atoms with Crippen LogP contribution in [0.25, 0.3) is 0 Å². The molecule has 1 saturated heterocycles. The molecule has 0 spiro atoms. The molecule has 2 unspecified atom stereocenters. The van der Waals surface area contributed by atoms with Gasteiger partial charge in [-0.3, -0.25) is 4.79 Å². The summed E-state index contributed by atoms with van der Waals surface area (Å²) < 4.78 is 6.38. The molecule has 172 valence electrons. The molecular formula is C28H37NO3. The van der Waals surface area contributed by atoms with Crippen molar-refractivity contribution < 1.29 is 14.6 Å². The summed E-state index contributed by atoms with van der Waals surface area (Å²) in [6.07, 6.45) is 5.91. The minimum atomic E-state index is -1.41. The molecule has 2 aromatic rings. The maximum absolute atomic E-state index is 13.8. The van der Waals surface area contributed by atoms with E-state index in [1.807, 2.05) is 65.6 Å². The maximum atomic E-state index is 13.8. The number of hydrogen-bond acceptors (Lipinski definition) is 3. The Labute approximate surface area is 192 Å². The molecule has 32 heavy (non-hydrogen) atoms. The minimum Gasteiger partial charge on any atom is -0.490 e. The van der Waals surface area contributed by atoms with E-state index in [-0.39, 0.29) is 17.9 Å². The highest BCUT2D eigenvalue weighted by Crippen LogP contribution is 2.42. The van der Waals surface area contributed by atoms with Crippen molar-refractivity contribution in [3.8, 4) is 5.75 Å². The predicted octanol–water partition coefficient (Wildman–Crippen LogP) is 5.41. The predicted molar refractivity (Wildman–Crippen MR) is 127 cm³/mol. The number of amides is 1. The maximum Gasteiger partial charge on any atom is 0.259 e. The van der Waals surface area contributed by atoms with Gasteiger partial charge in [-0.2, -0.15) is 0 Å². The number of carbonyl (C=O) groups is 1. The van der Waals surface area contributed by atoms with Crippen molar-refractivity contribution in [1.29, 1.82) is 0 Å². The molecule has 0 radical (unpaired) electrons. The summed E-state index contributed by atoms with van der Waals surface area (Å²) in [5.41, 5.74) is -0.672. The molecule has 4 heteroatoms. The molecule has 1 N–H and O–H groups in total. The fourth-order valence-electron chi connectivity index (χ4n) is 5.67. The van der Waals surface area contributed by atoms with Gasteiger partial charge in [0.05, 0.1) is 0 Å². The molecule has 2 fully saturated rings. The zero-order chi connectivity index (χ0) is 22.6. The Balaban J connectivity index is 1.46. The molecular weight excluding hydrogens is 398 g/mol. The van der Waals surface area contributed by atoms with Gasteiger partial charge in [-0.15, -0.1) is 0 Å². The van der Waals surface area contributed by atoms with Gasteiger partial charge in [-0.1, -0.05) is 75.2 Å². The lowest BCUT2D eigenvalue weighted by Crippen LogP contribution is -2.54. The number of para-hydroxylation sites is 1. The smallest absolute Gasteiger partial charge is 0.259 e. The van der Waals surface area contributed by atoms with Gasteiger partial charge in [0.1, 0.15) is 11.9 Å². The molecule has 1 amide bonds. The fraction of sp³-hybridized carbons (Fsp3) is 0.536. The Kier molecular flexibility index (Phi) is 7.20. The Morgan fingerprint density at radius 3 is 2.06 bits per heavy atom. The standard InChI is InChI=1S/C28H37NO3/c1-21(2)26(32-25-15-7-4-8-16-25)22-17-19-29(20-18-22)27(30)28(31,24-13-9-10-14-24)23-11-5-3-6-12-23/h3-8,11-12,15-16,21-22,24,26,31H,9-10,13-14,17-20H2,1-2H3. The van der Waals surface area contributed by atoms with Crippen LogP contribution in [0.3, 0.4) is 0 Å². The van der Waals surface area contributed by atoms with E-state index in [9.17, 15) is 9.90 Å². The van der Waals surface area contributed by atoms with Crippen molar-refractivity contribution >= 4 is 5.91 Å². The highest BCUT2D eigenvalue weighted by atomic mass is 16.5. The van der Waals surface area contributed by atoms with Gasteiger partial charge < -0.3 is 14.7 Å². The highest BCUT2D eigenvalue weighted by molar-refractivity contribution is 5.87. The van der Waals surface area contributed by atoms with Gasteiger partial charge in [-0.05, 0) is 55.2 Å². The quantitative estimate of drug-likeness (QED) is 0.633. The van der Waals surface area contributed by atoms with Gasteiger partial charge in [0.25, 0.3) is 5.91 Å². The Morgan fingerprint density at radius 1 is 0.938 bits per heavy atom. The zero-order valence-corrected chi connectivity index (χ0v) is 19.5. The molecule has 0 aromatic heterocycles. The van der Waals surface area contributed by atoms with Crippen molar-refractivity contribution in [3.05, 3.63) is 66.2 Å². The molecule has 0 bridgehead atoms. The van der Waals surface area contributed by atoms with Crippen LogP contribution >= 0.6 is 0 Å². The lowest BCUT2D eigenvalue weighted by Gasteiger charge is -2.42. The van der Waals surface area contributed by atoms with E-state index < -0.39 is 5.60 Å². The van der Waals surface area contributed by atoms with Crippen LogP contribution in [0.2, 0.25) is 0 Å². The van der Waals surface area contributed by atoms with E-state index in [1.165, 1.54) is 0 Å². The summed E-state index contributed by atoms with van der Waals surface area (Å²) >= 11 is 0. The topological polar surface area (TPSA) is 49.8 Å². The number of rotatable bonds is 7. The van der Waals surface area contributed by atoms with E-state index in [2.05, 4.69) is 13.8 Å². The fourth-order valence-corrected chi connectivity index (χ4v) is 5.67. The van der Waals surface area contributed by atoms with E-state index in [1.54, 1.807) is 0 Å². The van der Waals surface area contributed by atoms with E-state index in [4.69, 9.17) is 4.74 Å². The number of carbonyl (C=O) groups excluding carboxylic acids is 1. The van der Waals surface area contributed by atoms with Crippen molar-refractivity contribution in [2.75, 3.05) is 13.1 Å². The van der Waals surface area contributed by atoms with Crippen molar-refractivity contribution in [1.82, 2.24) is 4.90 Å². The van der Waals surface area contributed by atoms with Crippen LogP contribution in [-0.4, -0.2) is 35.1 Å². The van der Waals surface area contributed by atoms with Crippen LogP contribution in [0.5, 0.6) is 5.75 Å². The van der Waals surface area contributed by atoms with Gasteiger partial charge >= 0.3 is 0 Å². The number of benzene rings is 2. The monoisotopic (exact) mass is 435 g/mol. The van der Waals surface area contributed by atoms with Gasteiger partial charge in [0.2, 0.25) is 0 Å². The van der Waals surface area contributed by atoms with Crippen LogP contribution < -0.4 is 4.74 Å². The first-order valence-corrected chi connectivity index (χ1v) is 12.3. The first-order chi connectivity index (χ1) is 15.5. The number of likely N-dealkylation sites (tertiary alicyclic amines) is 1. The Hall–Kier alpha value is -2.33. The van der Waals surface area contributed by atoms with E-state index >= 15 is 0 Å². The first kappa shape index (κ1) is 22.8. The van der Waals surface area contributed by atoms with Crippen LogP contribution in [0.15, 0.2) is 60.7 Å². The molecule has 4 nitrogen and oxygen atoms in total. The second-order valence-electron chi connectivity index (χ2n) is 9.88. The lowest BCUT2D eigenvalue weighted by atomic mass is 9.78. The van der Waals surface area contributed by atoms with Crippen molar-refractivity contribution in [2.24, 2.45) is 17.8 Å². The number of nitrogens with zero attached hydrogens (tertiary/aromatic N) is 1. The average Bonchev–Trinajstić information content (AvgIpc) is 3.38. The normalized spacial score (nSPS) is 20.8. The van der Waals surface area contributed by atoms with Gasteiger partial charge in [0.15, 0.2) is 5.60 Å². The summed E-state index contributed by atoms with van der Waals surface area (Å²) in [5.74, 6) is 1.58. The molecule has 2 aliphatic rings. The van der Waals surface area contributed by atoms with E-state index in [0.717, 1.165) is 49.8 Å². The largest absolute Gasteiger partial charge is 0.490 e. The molecule has 2 aromatic carbocycles. The van der Waals surface area contributed by atoms with Crippen LogP contribution in [0.4, 0.5) is 0 Å². The molecule has 2 atom stereocenters. The summed E-state index contributed by atoms with van der Waals surface area (Å²) in [4.78, 5) is 15.7. The summed E-state index contributed by atoms with van der Waals surface area (Å²) in [5, 5.41) is 11.8. The van der Waals surface area contributed by atoms with Crippen LogP contribution in [0, 0.1) is 17.8 Å². The second-order valence-corrected chi connectivity index (χ2v) is 9.88. The number of aliphatic hydroxyl groups is 1. The molecule has 1 saturated carbocycles. The minimum absolute atomic E-state index is 0.0000464. The number of ether oxygens (including phenoxy) is 1. The van der Waals surface area contributed by atoms with Gasteiger partial charge in [-0.25, -0.2) is 0 Å². The highest BCUT2D eigenvalue weighted by Gasteiger charge is 2.49. The average molecular weight is 436 g/mol. The number of hydrogen-bond donors (Lipinski definition) is 1. The summed E-state index contributed by atoms with van der Waals surface area (Å²) in [6.45, 7) is 5.76. The Bertz CT molecular complexity index is 855. The Morgan fingerprint density at radius 2 is 1.50 bits per heavy atom. The van der Waals surface area contributed by atoms with E-state index in [0.29, 0.717) is 24.9 Å². The molecule has 1 aliphatic carbocycles. The van der Waals surface area contributed by atoms with Crippen LogP contribution in [-0.2, 0) is 10.4 Å². The second kappa shape index (κ2) is 10.1. The lowest BCUT2D eigenvalue weighted by molar-refractivity contribution is -0.161. The van der Waals surface area contributed by atoms with Gasteiger partial charge in [0, 0.05) is 19.0 Å². The number of piperidine rings is 1. The summed E-state index contributed by atoms with van der Waals surface area (Å²) in [6, 6.07) is 19.6. The third kappa shape index (κ3) is 4.71. The molecule has 1 aliphatic heterocycles.